The van der Waals surface area contributed by atoms with Gasteiger partial charge in [0, 0.05) is 45.1 Å². The molecule has 10 heteroatoms. The zero-order valence-electron chi connectivity index (χ0n) is 17.4. The van der Waals surface area contributed by atoms with Crippen molar-refractivity contribution < 1.29 is 9.53 Å². The summed E-state index contributed by atoms with van der Waals surface area (Å²) in [5.74, 6) is 0.978. The van der Waals surface area contributed by atoms with Crippen molar-refractivity contribution in [2.24, 2.45) is 0 Å². The number of amides is 1. The van der Waals surface area contributed by atoms with Gasteiger partial charge < -0.3 is 19.1 Å². The van der Waals surface area contributed by atoms with Crippen LogP contribution in [-0.2, 0) is 16.1 Å². The van der Waals surface area contributed by atoms with Crippen LogP contribution in [0.2, 0.25) is 5.02 Å². The number of hydrogen-bond acceptors (Lipinski definition) is 6. The number of pyridine rings is 1. The molecule has 0 bridgehead atoms. The maximum absolute atomic E-state index is 12.5. The summed E-state index contributed by atoms with van der Waals surface area (Å²) in [4.78, 5) is 32.8. The molecule has 1 aliphatic rings. The van der Waals surface area contributed by atoms with Crippen molar-refractivity contribution >= 4 is 34.2 Å². The molecule has 4 heterocycles. The first-order valence-corrected chi connectivity index (χ1v) is 10.7. The van der Waals surface area contributed by atoms with Gasteiger partial charge in [0.25, 0.3) is 5.56 Å². The average molecular weight is 445 g/mol. The van der Waals surface area contributed by atoms with Gasteiger partial charge in [-0.3, -0.25) is 9.59 Å². The van der Waals surface area contributed by atoms with Crippen LogP contribution in [0.3, 0.4) is 0 Å². The number of carbonyl (C=O) groups is 1. The third-order valence-electron chi connectivity index (χ3n) is 5.49. The van der Waals surface area contributed by atoms with E-state index in [0.717, 1.165) is 30.0 Å². The number of fused-ring (bicyclic) bond motifs is 1. The van der Waals surface area contributed by atoms with E-state index >= 15 is 0 Å². The summed E-state index contributed by atoms with van der Waals surface area (Å²) >= 11 is 5.89. The van der Waals surface area contributed by atoms with E-state index in [4.69, 9.17) is 16.3 Å². The van der Waals surface area contributed by atoms with E-state index < -0.39 is 0 Å². The van der Waals surface area contributed by atoms with E-state index in [1.54, 1.807) is 12.4 Å². The zero-order chi connectivity index (χ0) is 21.8. The Kier molecular flexibility index (Phi) is 6.53. The topological polar surface area (TPSA) is 96.3 Å². The highest BCUT2D eigenvalue weighted by Gasteiger charge is 2.21. The van der Waals surface area contributed by atoms with Gasteiger partial charge >= 0.3 is 0 Å². The van der Waals surface area contributed by atoms with Gasteiger partial charge in [-0.1, -0.05) is 11.6 Å². The van der Waals surface area contributed by atoms with E-state index in [9.17, 15) is 9.59 Å². The maximum Gasteiger partial charge on any atom is 0.273 e. The Hall–Kier alpha value is -2.91. The number of hydrogen-bond donors (Lipinski definition) is 1. The van der Waals surface area contributed by atoms with Crippen LogP contribution in [0.4, 0.5) is 5.82 Å². The van der Waals surface area contributed by atoms with Crippen LogP contribution < -0.4 is 10.5 Å². The molecule has 0 atom stereocenters. The SMILES string of the molecule is Cc1cn(CCOCCC(=O)N2CCN(c3ccc(Cl)cn3)CC2)c2cn[nH]c(=O)c12. The monoisotopic (exact) mass is 444 g/mol. The van der Waals surface area contributed by atoms with Crippen LogP contribution in [0.1, 0.15) is 12.0 Å². The van der Waals surface area contributed by atoms with Gasteiger partial charge in [0.05, 0.1) is 41.8 Å². The Labute approximate surface area is 184 Å². The number of carbonyl (C=O) groups excluding carboxylic acids is 1. The van der Waals surface area contributed by atoms with E-state index in [-0.39, 0.29) is 11.5 Å². The molecule has 31 heavy (non-hydrogen) atoms. The second-order valence-electron chi connectivity index (χ2n) is 7.53. The lowest BCUT2D eigenvalue weighted by Gasteiger charge is -2.35. The third-order valence-corrected chi connectivity index (χ3v) is 5.72. The predicted molar refractivity (Wildman–Crippen MR) is 119 cm³/mol. The molecule has 0 unspecified atom stereocenters. The summed E-state index contributed by atoms with van der Waals surface area (Å²) in [7, 11) is 0. The number of nitrogens with one attached hydrogen (secondary N) is 1. The summed E-state index contributed by atoms with van der Waals surface area (Å²) in [5.41, 5.74) is 1.50. The fourth-order valence-electron chi connectivity index (χ4n) is 3.86. The van der Waals surface area contributed by atoms with Gasteiger partial charge in [-0.2, -0.15) is 5.10 Å². The fourth-order valence-corrected chi connectivity index (χ4v) is 3.97. The minimum atomic E-state index is -0.188. The van der Waals surface area contributed by atoms with Crippen LogP contribution in [0.5, 0.6) is 0 Å². The van der Waals surface area contributed by atoms with E-state index in [0.29, 0.717) is 49.7 Å². The van der Waals surface area contributed by atoms with Crippen molar-refractivity contribution in [3.63, 3.8) is 0 Å². The number of rotatable bonds is 7. The quantitative estimate of drug-likeness (QED) is 0.558. The molecule has 0 aliphatic carbocycles. The van der Waals surface area contributed by atoms with Gasteiger partial charge in [-0.25, -0.2) is 10.1 Å². The predicted octanol–water partition coefficient (Wildman–Crippen LogP) is 1.84. The number of nitrogens with zero attached hydrogens (tertiary/aromatic N) is 5. The van der Waals surface area contributed by atoms with Gasteiger partial charge in [0.1, 0.15) is 5.82 Å². The van der Waals surface area contributed by atoms with E-state index in [2.05, 4.69) is 20.1 Å². The van der Waals surface area contributed by atoms with Crippen LogP contribution in [0, 0.1) is 6.92 Å². The highest BCUT2D eigenvalue weighted by Crippen LogP contribution is 2.17. The van der Waals surface area contributed by atoms with Crippen LogP contribution in [0.15, 0.2) is 35.5 Å². The lowest BCUT2D eigenvalue weighted by molar-refractivity contribution is -0.132. The van der Waals surface area contributed by atoms with E-state index in [1.807, 2.05) is 34.7 Å². The number of piperazine rings is 1. The highest BCUT2D eigenvalue weighted by atomic mass is 35.5. The number of aromatic amines is 1. The molecule has 1 amide bonds. The second-order valence-corrected chi connectivity index (χ2v) is 7.97. The van der Waals surface area contributed by atoms with E-state index in [1.165, 1.54) is 0 Å². The summed E-state index contributed by atoms with van der Waals surface area (Å²) < 4.78 is 7.64. The lowest BCUT2D eigenvalue weighted by Crippen LogP contribution is -2.49. The normalized spacial score (nSPS) is 14.4. The number of aromatic nitrogens is 4. The minimum Gasteiger partial charge on any atom is -0.379 e. The smallest absolute Gasteiger partial charge is 0.273 e. The number of H-pyrrole nitrogens is 1. The first-order chi connectivity index (χ1) is 15.0. The average Bonchev–Trinajstić information content (AvgIpc) is 3.11. The Morgan fingerprint density at radius 2 is 2.00 bits per heavy atom. The molecule has 3 aromatic rings. The number of ether oxygens (including phenoxy) is 1. The number of aryl methyl sites for hydroxylation is 1. The largest absolute Gasteiger partial charge is 0.379 e. The Balaban J connectivity index is 1.19. The first-order valence-electron chi connectivity index (χ1n) is 10.3. The number of anilines is 1. The van der Waals surface area contributed by atoms with Crippen molar-refractivity contribution in [2.75, 3.05) is 44.3 Å². The zero-order valence-corrected chi connectivity index (χ0v) is 18.1. The molecule has 3 aromatic heterocycles. The van der Waals surface area contributed by atoms with Gasteiger partial charge in [0.2, 0.25) is 5.91 Å². The van der Waals surface area contributed by atoms with Gasteiger partial charge in [-0.15, -0.1) is 0 Å². The molecule has 1 fully saturated rings. The van der Waals surface area contributed by atoms with Crippen LogP contribution in [-0.4, -0.2) is 69.9 Å². The molecule has 0 radical (unpaired) electrons. The molecular formula is C21H25ClN6O3. The molecule has 0 spiro atoms. The van der Waals surface area contributed by atoms with Crippen molar-refractivity contribution in [3.05, 3.63) is 51.7 Å². The van der Waals surface area contributed by atoms with Crippen molar-refractivity contribution in [3.8, 4) is 0 Å². The molecule has 1 N–H and O–H groups in total. The Morgan fingerprint density at radius 1 is 1.19 bits per heavy atom. The van der Waals surface area contributed by atoms with Crippen LogP contribution >= 0.6 is 11.6 Å². The van der Waals surface area contributed by atoms with Crippen LogP contribution in [0.25, 0.3) is 10.9 Å². The molecule has 4 rings (SSSR count). The molecule has 0 saturated carbocycles. The fraction of sp³-hybridized carbons (Fsp3) is 0.429. The molecule has 1 saturated heterocycles. The van der Waals surface area contributed by atoms with Gasteiger partial charge in [-0.05, 0) is 24.6 Å². The molecule has 1 aliphatic heterocycles. The van der Waals surface area contributed by atoms with Crippen molar-refractivity contribution in [1.82, 2.24) is 24.6 Å². The summed E-state index contributed by atoms with van der Waals surface area (Å²) in [6.07, 6.45) is 5.56. The van der Waals surface area contributed by atoms with Gasteiger partial charge in [0.15, 0.2) is 0 Å². The third kappa shape index (κ3) is 4.88. The standard InChI is InChI=1S/C21H25ClN6O3/c1-15-14-28(17-13-24-25-21(30)20(15)17)9-11-31-10-4-19(29)27-7-5-26(6-8-27)18-3-2-16(22)12-23-18/h2-3,12-14H,4-11H2,1H3,(H,25,30). The van der Waals surface area contributed by atoms with Crippen molar-refractivity contribution in [1.29, 1.82) is 0 Å². The highest BCUT2D eigenvalue weighted by molar-refractivity contribution is 6.30. The molecule has 164 valence electrons. The number of halogens is 1. The second kappa shape index (κ2) is 9.49. The first kappa shape index (κ1) is 21.3. The summed E-state index contributed by atoms with van der Waals surface area (Å²) in [5, 5.41) is 7.60. The molecule has 0 aromatic carbocycles. The molecule has 9 nitrogen and oxygen atoms in total. The lowest BCUT2D eigenvalue weighted by atomic mass is 10.2. The minimum absolute atomic E-state index is 0.0988. The summed E-state index contributed by atoms with van der Waals surface area (Å²) in [6, 6.07) is 3.72. The Morgan fingerprint density at radius 3 is 2.74 bits per heavy atom. The Bertz CT molecular complexity index is 1100. The maximum atomic E-state index is 12.5. The molecular weight excluding hydrogens is 420 g/mol. The van der Waals surface area contributed by atoms with Crippen molar-refractivity contribution in [2.45, 2.75) is 19.9 Å². The summed E-state index contributed by atoms with van der Waals surface area (Å²) in [6.45, 7) is 6.14.